The van der Waals surface area contributed by atoms with E-state index in [4.69, 9.17) is 17.3 Å². The van der Waals surface area contributed by atoms with Crippen LogP contribution in [-0.2, 0) is 24.4 Å². The van der Waals surface area contributed by atoms with E-state index in [0.717, 1.165) is 14.6 Å². The molecule has 0 unspecified atom stereocenters. The first kappa shape index (κ1) is 23.6. The van der Waals surface area contributed by atoms with Gasteiger partial charge in [-0.25, -0.2) is 13.3 Å². The Morgan fingerprint density at radius 1 is 0.971 bits per heavy atom. The monoisotopic (exact) mass is 498 g/mol. The average Bonchev–Trinajstić information content (AvgIpc) is 2.78. The van der Waals surface area contributed by atoms with E-state index in [9.17, 15) is 22.8 Å². The van der Waals surface area contributed by atoms with E-state index < -0.39 is 40.8 Å². The number of hydrogen-bond donors (Lipinski definition) is 1. The number of amides is 3. The van der Waals surface area contributed by atoms with Gasteiger partial charge in [0.25, 0.3) is 0 Å². The maximum absolute atomic E-state index is 13.2. The molecule has 0 atom stereocenters. The summed E-state index contributed by atoms with van der Waals surface area (Å²) in [6, 6.07) is 15.6. The number of fused-ring (bicyclic) bond motifs is 1. The number of halogens is 1. The fourth-order valence-electron chi connectivity index (χ4n) is 3.64. The van der Waals surface area contributed by atoms with Gasteiger partial charge in [0.2, 0.25) is 27.7 Å². The third kappa shape index (κ3) is 4.56. The molecule has 1 fully saturated rings. The zero-order chi connectivity index (χ0) is 24.6. The molecule has 0 aromatic heterocycles. The van der Waals surface area contributed by atoms with Crippen LogP contribution in [0.2, 0.25) is 5.02 Å². The fraction of sp³-hybridized carbons (Fsp3) is 0.130. The van der Waals surface area contributed by atoms with Crippen molar-refractivity contribution >= 4 is 61.6 Å². The first-order valence-electron chi connectivity index (χ1n) is 10.1. The zero-order valence-electron chi connectivity index (χ0n) is 17.9. The van der Waals surface area contributed by atoms with Gasteiger partial charge in [0, 0.05) is 17.5 Å². The van der Waals surface area contributed by atoms with Crippen LogP contribution in [0.25, 0.3) is 10.8 Å². The summed E-state index contributed by atoms with van der Waals surface area (Å²) in [6.07, 6.45) is 0. The molecular weight excluding hydrogens is 480 g/mol. The number of piperazine rings is 1. The fourth-order valence-corrected chi connectivity index (χ4v) is 5.19. The molecule has 1 saturated heterocycles. The summed E-state index contributed by atoms with van der Waals surface area (Å²) in [6.45, 7) is 0.204. The van der Waals surface area contributed by atoms with Gasteiger partial charge in [-0.3, -0.25) is 14.4 Å². The van der Waals surface area contributed by atoms with E-state index >= 15 is 0 Å². The van der Waals surface area contributed by atoms with Crippen molar-refractivity contribution in [1.29, 1.82) is 0 Å². The van der Waals surface area contributed by atoms with Crippen molar-refractivity contribution in [1.82, 2.24) is 4.31 Å². The predicted octanol–water partition coefficient (Wildman–Crippen LogP) is 2.31. The molecular formula is C23H19ClN4O5S. The van der Waals surface area contributed by atoms with Crippen LogP contribution in [0, 0.1) is 0 Å². The third-order valence-electron chi connectivity index (χ3n) is 5.21. The van der Waals surface area contributed by atoms with Gasteiger partial charge in [-0.05, 0) is 47.2 Å². The van der Waals surface area contributed by atoms with Crippen LogP contribution in [0.5, 0.6) is 0 Å². The Morgan fingerprint density at radius 2 is 1.62 bits per heavy atom. The molecule has 0 radical (unpaired) electrons. The molecule has 2 N–H and O–H groups in total. The number of aliphatic imine (C=N–C) groups is 1. The highest BCUT2D eigenvalue weighted by molar-refractivity contribution is 7.89. The standard InChI is InChI=1S/C23H19ClN4O5S/c1-14(29)26-23(25)17-3-2-4-19(10-17)28-21(30)12-27(13-22(28)31)34(32,33)20-8-6-15-9-18(24)7-5-16(15)11-20/h2-11H,12-13H2,1H3,(H2,25,26,29). The molecule has 4 rings (SSSR count). The van der Waals surface area contributed by atoms with Crippen LogP contribution >= 0.6 is 11.6 Å². The van der Waals surface area contributed by atoms with Gasteiger partial charge >= 0.3 is 0 Å². The summed E-state index contributed by atoms with van der Waals surface area (Å²) in [7, 11) is -4.11. The Hall–Kier alpha value is -3.60. The van der Waals surface area contributed by atoms with Gasteiger partial charge in [0.1, 0.15) is 5.84 Å². The minimum atomic E-state index is -4.11. The van der Waals surface area contributed by atoms with Gasteiger partial charge in [0.05, 0.1) is 23.7 Å². The highest BCUT2D eigenvalue weighted by Gasteiger charge is 2.38. The molecule has 0 spiro atoms. The molecule has 11 heteroatoms. The van der Waals surface area contributed by atoms with Crippen LogP contribution < -0.4 is 10.6 Å². The molecule has 3 aromatic carbocycles. The van der Waals surface area contributed by atoms with E-state index in [1.54, 1.807) is 36.4 Å². The summed E-state index contributed by atoms with van der Waals surface area (Å²) in [4.78, 5) is 41.5. The molecule has 1 aliphatic heterocycles. The average molecular weight is 499 g/mol. The number of carbonyl (C=O) groups is 3. The van der Waals surface area contributed by atoms with Crippen molar-refractivity contribution in [3.8, 4) is 0 Å². The first-order valence-corrected chi connectivity index (χ1v) is 11.9. The van der Waals surface area contributed by atoms with Crippen molar-refractivity contribution < 1.29 is 22.8 Å². The molecule has 34 heavy (non-hydrogen) atoms. The number of sulfonamides is 1. The second-order valence-electron chi connectivity index (χ2n) is 7.62. The first-order chi connectivity index (χ1) is 16.1. The molecule has 1 heterocycles. The molecule has 9 nitrogen and oxygen atoms in total. The van der Waals surface area contributed by atoms with Gasteiger partial charge < -0.3 is 5.73 Å². The minimum Gasteiger partial charge on any atom is -0.383 e. The Morgan fingerprint density at radius 3 is 2.29 bits per heavy atom. The molecule has 174 valence electrons. The van der Waals surface area contributed by atoms with Crippen molar-refractivity contribution in [2.45, 2.75) is 11.8 Å². The maximum Gasteiger partial charge on any atom is 0.249 e. The SMILES string of the molecule is CC(=O)N=C(N)c1cccc(N2C(=O)CN(S(=O)(=O)c3ccc4cc(Cl)ccc4c3)CC2=O)c1. The lowest BCUT2D eigenvalue weighted by molar-refractivity contribution is -0.130. The van der Waals surface area contributed by atoms with E-state index in [-0.39, 0.29) is 16.4 Å². The third-order valence-corrected chi connectivity index (χ3v) is 7.23. The Labute approximate surface area is 200 Å². The number of nitrogens with two attached hydrogens (primary N) is 1. The molecule has 0 saturated carbocycles. The Balaban J connectivity index is 1.61. The minimum absolute atomic E-state index is 0.0356. The zero-order valence-corrected chi connectivity index (χ0v) is 19.5. The molecule has 0 bridgehead atoms. The highest BCUT2D eigenvalue weighted by atomic mass is 35.5. The molecule has 3 amide bonds. The number of benzene rings is 3. The number of nitrogens with zero attached hydrogens (tertiary/aromatic N) is 3. The maximum atomic E-state index is 13.2. The summed E-state index contributed by atoms with van der Waals surface area (Å²) in [5.74, 6) is -1.99. The number of amidine groups is 1. The summed E-state index contributed by atoms with van der Waals surface area (Å²) in [5.41, 5.74) is 6.35. The van der Waals surface area contributed by atoms with Crippen molar-refractivity contribution in [3.63, 3.8) is 0 Å². The topological polar surface area (TPSA) is 130 Å². The lowest BCUT2D eigenvalue weighted by Crippen LogP contribution is -2.55. The largest absolute Gasteiger partial charge is 0.383 e. The van der Waals surface area contributed by atoms with Gasteiger partial charge in [-0.15, -0.1) is 0 Å². The smallest absolute Gasteiger partial charge is 0.249 e. The van der Waals surface area contributed by atoms with Gasteiger partial charge in [-0.1, -0.05) is 35.9 Å². The van der Waals surface area contributed by atoms with E-state index in [0.29, 0.717) is 16.0 Å². The molecule has 0 aliphatic carbocycles. The van der Waals surface area contributed by atoms with Crippen molar-refractivity contribution in [2.24, 2.45) is 10.7 Å². The summed E-state index contributed by atoms with van der Waals surface area (Å²) in [5, 5.41) is 1.94. The van der Waals surface area contributed by atoms with E-state index in [2.05, 4.69) is 4.99 Å². The van der Waals surface area contributed by atoms with Crippen LogP contribution in [0.15, 0.2) is 70.6 Å². The van der Waals surface area contributed by atoms with Crippen LogP contribution in [0.3, 0.4) is 0 Å². The molecule has 3 aromatic rings. The number of hydrogen-bond acceptors (Lipinski definition) is 5. The van der Waals surface area contributed by atoms with Crippen molar-refractivity contribution in [3.05, 3.63) is 71.2 Å². The number of rotatable bonds is 4. The lowest BCUT2D eigenvalue weighted by Gasteiger charge is -2.32. The second-order valence-corrected chi connectivity index (χ2v) is 9.99. The Kier molecular flexibility index (Phi) is 6.22. The lowest BCUT2D eigenvalue weighted by atomic mass is 10.1. The highest BCUT2D eigenvalue weighted by Crippen LogP contribution is 2.27. The van der Waals surface area contributed by atoms with E-state index in [1.165, 1.54) is 31.2 Å². The van der Waals surface area contributed by atoms with Crippen LogP contribution in [-0.4, -0.2) is 49.4 Å². The quantitative estimate of drug-likeness (QED) is 0.333. The summed E-state index contributed by atoms with van der Waals surface area (Å²) < 4.78 is 27.2. The van der Waals surface area contributed by atoms with E-state index in [1.807, 2.05) is 0 Å². The second kappa shape index (κ2) is 8.98. The van der Waals surface area contributed by atoms with Gasteiger partial charge in [-0.2, -0.15) is 9.30 Å². The molecule has 1 aliphatic rings. The van der Waals surface area contributed by atoms with Crippen LogP contribution in [0.4, 0.5) is 5.69 Å². The van der Waals surface area contributed by atoms with Crippen molar-refractivity contribution in [2.75, 3.05) is 18.0 Å². The normalized spacial score (nSPS) is 15.7. The number of imide groups is 1. The van der Waals surface area contributed by atoms with Gasteiger partial charge in [0.15, 0.2) is 0 Å². The Bertz CT molecular complexity index is 1470. The summed E-state index contributed by atoms with van der Waals surface area (Å²) >= 11 is 5.98. The predicted molar refractivity (Wildman–Crippen MR) is 128 cm³/mol. The number of anilines is 1. The van der Waals surface area contributed by atoms with Crippen LogP contribution in [0.1, 0.15) is 12.5 Å². The number of carbonyl (C=O) groups excluding carboxylic acids is 3.